The zero-order chi connectivity index (χ0) is 25.8. The first-order chi connectivity index (χ1) is 18.0. The third-order valence-electron chi connectivity index (χ3n) is 6.20. The highest BCUT2D eigenvalue weighted by molar-refractivity contribution is 6.46. The molecule has 0 aliphatic carbocycles. The number of Topliss-reactive ketones (excluding diaryl/α,β-unsaturated/α-hetero) is 1. The lowest BCUT2D eigenvalue weighted by Gasteiger charge is -2.25. The van der Waals surface area contributed by atoms with Crippen LogP contribution in [-0.2, 0) is 22.7 Å². The normalized spacial score (nSPS) is 16.6. The topological polar surface area (TPSA) is 100.0 Å². The average molecular weight is 493 g/mol. The molecule has 1 atom stereocenters. The lowest BCUT2D eigenvalue weighted by molar-refractivity contribution is -0.140. The Morgan fingerprint density at radius 3 is 2.24 bits per heavy atom. The minimum Gasteiger partial charge on any atom is -0.508 e. The fourth-order valence-electron chi connectivity index (χ4n) is 4.34. The number of hydrogen-bond acceptors (Lipinski definition) is 6. The molecule has 0 spiro atoms. The molecule has 5 rings (SSSR count). The van der Waals surface area contributed by atoms with E-state index < -0.39 is 17.7 Å². The number of aromatic hydroxyl groups is 1. The van der Waals surface area contributed by atoms with Gasteiger partial charge in [0, 0.05) is 24.5 Å². The molecule has 1 aliphatic heterocycles. The summed E-state index contributed by atoms with van der Waals surface area (Å²) in [4.78, 5) is 31.8. The van der Waals surface area contributed by atoms with Gasteiger partial charge in [-0.15, -0.1) is 0 Å². The van der Waals surface area contributed by atoms with Gasteiger partial charge in [-0.1, -0.05) is 48.5 Å². The van der Waals surface area contributed by atoms with Crippen LogP contribution in [0.5, 0.6) is 11.5 Å². The Labute approximate surface area is 213 Å². The number of aliphatic hydroxyl groups excluding tert-OH is 1. The summed E-state index contributed by atoms with van der Waals surface area (Å²) in [6.45, 7) is 0.527. The van der Waals surface area contributed by atoms with Crippen molar-refractivity contribution in [2.24, 2.45) is 0 Å². The fourth-order valence-corrected chi connectivity index (χ4v) is 4.34. The number of ketones is 1. The number of ether oxygens (including phenoxy) is 1. The maximum Gasteiger partial charge on any atom is 0.295 e. The van der Waals surface area contributed by atoms with E-state index in [0.29, 0.717) is 23.5 Å². The summed E-state index contributed by atoms with van der Waals surface area (Å²) in [6, 6.07) is 25.4. The number of carbonyl (C=O) groups is 2. The van der Waals surface area contributed by atoms with Crippen LogP contribution in [0.1, 0.15) is 28.3 Å². The van der Waals surface area contributed by atoms with Crippen LogP contribution in [0.4, 0.5) is 0 Å². The van der Waals surface area contributed by atoms with Crippen LogP contribution in [-0.4, -0.2) is 31.8 Å². The van der Waals surface area contributed by atoms with E-state index in [0.717, 1.165) is 11.1 Å². The molecule has 37 heavy (non-hydrogen) atoms. The quantitative estimate of drug-likeness (QED) is 0.214. The Hall–Kier alpha value is -4.91. The maximum atomic E-state index is 13.2. The van der Waals surface area contributed by atoms with E-state index in [1.165, 1.54) is 17.0 Å². The molecule has 3 aromatic carbocycles. The van der Waals surface area contributed by atoms with Crippen molar-refractivity contribution in [3.8, 4) is 11.5 Å². The van der Waals surface area contributed by atoms with Gasteiger partial charge in [0.05, 0.1) is 11.6 Å². The number of pyridine rings is 1. The van der Waals surface area contributed by atoms with Gasteiger partial charge in [-0.25, -0.2) is 0 Å². The SMILES string of the molecule is O=C1C(=O)N(Cc2cccnc2)[C@H](c2ccc(O)cc2)/C1=C(\O)c1ccc(OCc2ccccc2)cc1. The molecule has 1 fully saturated rings. The molecule has 184 valence electrons. The lowest BCUT2D eigenvalue weighted by Crippen LogP contribution is -2.29. The van der Waals surface area contributed by atoms with Gasteiger partial charge in [0.1, 0.15) is 23.9 Å². The van der Waals surface area contributed by atoms with E-state index >= 15 is 0 Å². The van der Waals surface area contributed by atoms with Crippen LogP contribution >= 0.6 is 0 Å². The maximum absolute atomic E-state index is 13.2. The second-order valence-electron chi connectivity index (χ2n) is 8.68. The summed E-state index contributed by atoms with van der Waals surface area (Å²) in [5.41, 5.74) is 2.73. The Morgan fingerprint density at radius 1 is 0.865 bits per heavy atom. The Bertz CT molecular complexity index is 1430. The van der Waals surface area contributed by atoms with E-state index in [1.807, 2.05) is 36.4 Å². The number of carbonyl (C=O) groups excluding carboxylic acids is 2. The number of aliphatic hydroxyl groups is 1. The summed E-state index contributed by atoms with van der Waals surface area (Å²) in [5.74, 6) is -1.11. The van der Waals surface area contributed by atoms with E-state index in [1.54, 1.807) is 54.9 Å². The number of aromatic nitrogens is 1. The van der Waals surface area contributed by atoms with E-state index in [9.17, 15) is 19.8 Å². The average Bonchev–Trinajstić information content (AvgIpc) is 3.18. The molecule has 1 amide bonds. The predicted molar refractivity (Wildman–Crippen MR) is 137 cm³/mol. The van der Waals surface area contributed by atoms with Gasteiger partial charge in [-0.2, -0.15) is 0 Å². The van der Waals surface area contributed by atoms with Crippen LogP contribution in [0, 0.1) is 0 Å². The molecular formula is C30H24N2O5. The number of rotatable bonds is 7. The molecule has 2 N–H and O–H groups in total. The lowest BCUT2D eigenvalue weighted by atomic mass is 9.95. The number of amides is 1. The molecular weight excluding hydrogens is 468 g/mol. The molecule has 0 unspecified atom stereocenters. The monoisotopic (exact) mass is 492 g/mol. The number of nitrogens with zero attached hydrogens (tertiary/aromatic N) is 2. The number of benzene rings is 3. The van der Waals surface area contributed by atoms with Crippen molar-refractivity contribution in [3.05, 3.63) is 131 Å². The Balaban J connectivity index is 1.48. The minimum absolute atomic E-state index is 0.0162. The highest BCUT2D eigenvalue weighted by Gasteiger charge is 2.46. The minimum atomic E-state index is -0.838. The summed E-state index contributed by atoms with van der Waals surface area (Å²) < 4.78 is 5.82. The van der Waals surface area contributed by atoms with Gasteiger partial charge < -0.3 is 19.8 Å². The Morgan fingerprint density at radius 2 is 1.57 bits per heavy atom. The molecule has 2 heterocycles. The highest BCUT2D eigenvalue weighted by Crippen LogP contribution is 2.40. The summed E-state index contributed by atoms with van der Waals surface area (Å²) in [7, 11) is 0. The summed E-state index contributed by atoms with van der Waals surface area (Å²) >= 11 is 0. The first-order valence-electron chi connectivity index (χ1n) is 11.7. The van der Waals surface area contributed by atoms with Crippen LogP contribution in [0.15, 0.2) is 109 Å². The van der Waals surface area contributed by atoms with Crippen molar-refractivity contribution in [1.82, 2.24) is 9.88 Å². The molecule has 0 bridgehead atoms. The number of phenolic OH excluding ortho intramolecular Hbond substituents is 1. The molecule has 1 aliphatic rings. The molecule has 0 radical (unpaired) electrons. The number of likely N-dealkylation sites (tertiary alicyclic amines) is 1. The molecule has 1 aromatic heterocycles. The van der Waals surface area contributed by atoms with Gasteiger partial charge in [-0.05, 0) is 59.2 Å². The molecule has 0 saturated carbocycles. The van der Waals surface area contributed by atoms with E-state index in [2.05, 4.69) is 4.98 Å². The largest absolute Gasteiger partial charge is 0.508 e. The number of phenols is 1. The van der Waals surface area contributed by atoms with Crippen LogP contribution < -0.4 is 4.74 Å². The summed E-state index contributed by atoms with van der Waals surface area (Å²) in [5, 5.41) is 21.0. The second-order valence-corrected chi connectivity index (χ2v) is 8.68. The van der Waals surface area contributed by atoms with Gasteiger partial charge in [-0.3, -0.25) is 14.6 Å². The van der Waals surface area contributed by atoms with Crippen LogP contribution in [0.3, 0.4) is 0 Å². The van der Waals surface area contributed by atoms with Crippen molar-refractivity contribution in [1.29, 1.82) is 0 Å². The Kier molecular flexibility index (Phi) is 6.68. The van der Waals surface area contributed by atoms with Crippen molar-refractivity contribution < 1.29 is 24.5 Å². The zero-order valence-electron chi connectivity index (χ0n) is 19.8. The van der Waals surface area contributed by atoms with Crippen molar-refractivity contribution in [3.63, 3.8) is 0 Å². The van der Waals surface area contributed by atoms with Gasteiger partial charge in [0.2, 0.25) is 0 Å². The standard InChI is InChI=1S/C30H24N2O5/c33-24-12-8-22(9-13-24)27-26(29(35)30(36)32(27)18-21-7-4-16-31-17-21)28(34)23-10-14-25(15-11-23)37-19-20-5-2-1-3-6-20/h1-17,27,33-34H,18-19H2/b28-26+/t27-/m1/s1. The molecule has 1 saturated heterocycles. The van der Waals surface area contributed by atoms with E-state index in [4.69, 9.17) is 4.74 Å². The first-order valence-corrected chi connectivity index (χ1v) is 11.7. The molecule has 7 heteroatoms. The fraction of sp³-hybridized carbons (Fsp3) is 0.100. The molecule has 4 aromatic rings. The van der Waals surface area contributed by atoms with Gasteiger partial charge in [0.25, 0.3) is 11.7 Å². The van der Waals surface area contributed by atoms with Crippen molar-refractivity contribution >= 4 is 17.4 Å². The summed E-state index contributed by atoms with van der Waals surface area (Å²) in [6.07, 6.45) is 3.25. The van der Waals surface area contributed by atoms with Crippen LogP contribution in [0.2, 0.25) is 0 Å². The third-order valence-corrected chi connectivity index (χ3v) is 6.20. The highest BCUT2D eigenvalue weighted by atomic mass is 16.5. The smallest absolute Gasteiger partial charge is 0.295 e. The third kappa shape index (κ3) is 5.06. The van der Waals surface area contributed by atoms with Gasteiger partial charge in [0.15, 0.2) is 0 Å². The zero-order valence-corrected chi connectivity index (χ0v) is 19.8. The first kappa shape index (κ1) is 23.8. The van der Waals surface area contributed by atoms with Crippen molar-refractivity contribution in [2.45, 2.75) is 19.2 Å². The predicted octanol–water partition coefficient (Wildman–Crippen LogP) is 4.99. The van der Waals surface area contributed by atoms with Gasteiger partial charge >= 0.3 is 0 Å². The van der Waals surface area contributed by atoms with Crippen molar-refractivity contribution in [2.75, 3.05) is 0 Å². The number of hydrogen-bond donors (Lipinski definition) is 2. The van der Waals surface area contributed by atoms with Crippen LogP contribution in [0.25, 0.3) is 5.76 Å². The second kappa shape index (κ2) is 10.4. The molecule has 7 nitrogen and oxygen atoms in total. The van der Waals surface area contributed by atoms with E-state index in [-0.39, 0.29) is 23.6 Å².